The molecule has 1 amide bonds. The van der Waals surface area contributed by atoms with Crippen LogP contribution < -0.4 is 0 Å². The fraction of sp³-hybridized carbons (Fsp3) is 0.632. The van der Waals surface area contributed by atoms with Gasteiger partial charge >= 0.3 is 0 Å². The van der Waals surface area contributed by atoms with Gasteiger partial charge in [0.05, 0.1) is 6.10 Å². The molecule has 0 bridgehead atoms. The SMILES string of the molecule is CCCCCCC(=O)N1CCC(C(O)c2ccc(F)cc2)CC1. The molecule has 128 valence electrons. The molecule has 1 N–H and O–H groups in total. The van der Waals surface area contributed by atoms with Crippen LogP contribution in [0.4, 0.5) is 4.39 Å². The van der Waals surface area contributed by atoms with Gasteiger partial charge in [-0.3, -0.25) is 4.79 Å². The lowest BCUT2D eigenvalue weighted by atomic mass is 9.87. The summed E-state index contributed by atoms with van der Waals surface area (Å²) in [5.41, 5.74) is 0.760. The predicted octanol–water partition coefficient (Wildman–Crippen LogP) is 4.07. The Labute approximate surface area is 138 Å². The molecule has 1 aromatic rings. The van der Waals surface area contributed by atoms with Crippen LogP contribution in [0.3, 0.4) is 0 Å². The first-order chi connectivity index (χ1) is 11.1. The Bertz CT molecular complexity index is 481. The normalized spacial score (nSPS) is 17.3. The first-order valence-electron chi connectivity index (χ1n) is 8.83. The maximum Gasteiger partial charge on any atom is 0.222 e. The molecule has 0 radical (unpaired) electrons. The number of piperidine rings is 1. The molecule has 1 aromatic carbocycles. The molecule has 0 spiro atoms. The van der Waals surface area contributed by atoms with Crippen LogP contribution in [0.2, 0.25) is 0 Å². The average molecular weight is 321 g/mol. The van der Waals surface area contributed by atoms with Crippen LogP contribution >= 0.6 is 0 Å². The molecular formula is C19H28FNO2. The van der Waals surface area contributed by atoms with Crippen LogP contribution in [0.15, 0.2) is 24.3 Å². The van der Waals surface area contributed by atoms with Crippen LogP contribution in [0.5, 0.6) is 0 Å². The Morgan fingerprint density at radius 2 is 1.87 bits per heavy atom. The van der Waals surface area contributed by atoms with Crippen molar-refractivity contribution in [3.63, 3.8) is 0 Å². The maximum atomic E-state index is 13.0. The molecule has 23 heavy (non-hydrogen) atoms. The second kappa shape index (κ2) is 9.02. The Hall–Kier alpha value is -1.42. The molecule has 0 aliphatic carbocycles. The van der Waals surface area contributed by atoms with E-state index >= 15 is 0 Å². The molecule has 0 aromatic heterocycles. The minimum Gasteiger partial charge on any atom is -0.388 e. The number of aliphatic hydroxyl groups is 1. The third-order valence-corrected chi connectivity index (χ3v) is 4.79. The topological polar surface area (TPSA) is 40.5 Å². The smallest absolute Gasteiger partial charge is 0.222 e. The first kappa shape index (κ1) is 17.9. The molecule has 1 aliphatic heterocycles. The van der Waals surface area contributed by atoms with E-state index in [1.165, 1.54) is 25.0 Å². The van der Waals surface area contributed by atoms with E-state index in [0.717, 1.165) is 44.3 Å². The Morgan fingerprint density at radius 3 is 2.48 bits per heavy atom. The molecular weight excluding hydrogens is 293 g/mol. The number of likely N-dealkylation sites (tertiary alicyclic amines) is 1. The van der Waals surface area contributed by atoms with Crippen molar-refractivity contribution in [3.8, 4) is 0 Å². The summed E-state index contributed by atoms with van der Waals surface area (Å²) in [7, 11) is 0. The predicted molar refractivity (Wildman–Crippen MR) is 89.4 cm³/mol. The van der Waals surface area contributed by atoms with Crippen LogP contribution in [0.1, 0.15) is 63.5 Å². The van der Waals surface area contributed by atoms with Crippen LogP contribution in [0, 0.1) is 11.7 Å². The van der Waals surface area contributed by atoms with Crippen molar-refractivity contribution in [3.05, 3.63) is 35.6 Å². The standard InChI is InChI=1S/C19H28FNO2/c1-2-3-4-5-6-18(22)21-13-11-16(12-14-21)19(23)15-7-9-17(20)10-8-15/h7-10,16,19,23H,2-6,11-14H2,1H3. The quantitative estimate of drug-likeness (QED) is 0.769. The van der Waals surface area contributed by atoms with Gasteiger partial charge in [-0.25, -0.2) is 4.39 Å². The third kappa shape index (κ3) is 5.31. The Balaban J connectivity index is 1.76. The molecule has 2 rings (SSSR count). The number of nitrogens with zero attached hydrogens (tertiary/aromatic N) is 1. The Kier molecular flexibility index (Phi) is 7.03. The van der Waals surface area contributed by atoms with Crippen LogP contribution in [-0.2, 0) is 4.79 Å². The minimum absolute atomic E-state index is 0.143. The summed E-state index contributed by atoms with van der Waals surface area (Å²) in [5.74, 6) is 0.102. The third-order valence-electron chi connectivity index (χ3n) is 4.79. The number of rotatable bonds is 7. The second-order valence-electron chi connectivity index (χ2n) is 6.53. The fourth-order valence-electron chi connectivity index (χ4n) is 3.26. The van der Waals surface area contributed by atoms with E-state index in [0.29, 0.717) is 6.42 Å². The summed E-state index contributed by atoms with van der Waals surface area (Å²) in [6, 6.07) is 6.05. The van der Waals surface area contributed by atoms with E-state index in [9.17, 15) is 14.3 Å². The minimum atomic E-state index is -0.572. The number of carbonyl (C=O) groups is 1. The van der Waals surface area contributed by atoms with Crippen molar-refractivity contribution in [2.45, 2.75) is 58.0 Å². The van der Waals surface area contributed by atoms with Gasteiger partial charge in [-0.2, -0.15) is 0 Å². The first-order valence-corrected chi connectivity index (χ1v) is 8.83. The summed E-state index contributed by atoms with van der Waals surface area (Å²) >= 11 is 0. The number of amides is 1. The van der Waals surface area contributed by atoms with Crippen LogP contribution in [0.25, 0.3) is 0 Å². The highest BCUT2D eigenvalue weighted by molar-refractivity contribution is 5.76. The molecule has 1 atom stereocenters. The van der Waals surface area contributed by atoms with Gasteiger partial charge in [-0.1, -0.05) is 38.3 Å². The van der Waals surface area contributed by atoms with Crippen molar-refractivity contribution in [1.82, 2.24) is 4.90 Å². The lowest BCUT2D eigenvalue weighted by molar-refractivity contribution is -0.133. The number of aliphatic hydroxyl groups excluding tert-OH is 1. The largest absolute Gasteiger partial charge is 0.388 e. The maximum absolute atomic E-state index is 13.0. The summed E-state index contributed by atoms with van der Waals surface area (Å²) < 4.78 is 13.0. The molecule has 1 unspecified atom stereocenters. The van der Waals surface area contributed by atoms with E-state index in [1.54, 1.807) is 12.1 Å². The van der Waals surface area contributed by atoms with E-state index in [2.05, 4.69) is 6.92 Å². The average Bonchev–Trinajstić information content (AvgIpc) is 2.59. The summed E-state index contributed by atoms with van der Waals surface area (Å²) in [6.45, 7) is 3.60. The molecule has 3 nitrogen and oxygen atoms in total. The van der Waals surface area contributed by atoms with E-state index in [-0.39, 0.29) is 17.6 Å². The second-order valence-corrected chi connectivity index (χ2v) is 6.53. The molecule has 4 heteroatoms. The number of hydrogen-bond donors (Lipinski definition) is 1. The zero-order valence-electron chi connectivity index (χ0n) is 14.0. The fourth-order valence-corrected chi connectivity index (χ4v) is 3.26. The zero-order valence-corrected chi connectivity index (χ0v) is 14.0. The lowest BCUT2D eigenvalue weighted by Crippen LogP contribution is -2.39. The van der Waals surface area contributed by atoms with E-state index in [4.69, 9.17) is 0 Å². The van der Waals surface area contributed by atoms with Gasteiger partial charge in [0.15, 0.2) is 0 Å². The summed E-state index contributed by atoms with van der Waals surface area (Å²) in [6.07, 6.45) is 6.16. The molecule has 0 saturated carbocycles. The van der Waals surface area contributed by atoms with Gasteiger partial charge in [-0.05, 0) is 42.9 Å². The van der Waals surface area contributed by atoms with Crippen molar-refractivity contribution >= 4 is 5.91 Å². The van der Waals surface area contributed by atoms with Gasteiger partial charge in [0.25, 0.3) is 0 Å². The lowest BCUT2D eigenvalue weighted by Gasteiger charge is -2.34. The van der Waals surface area contributed by atoms with Gasteiger partial charge in [-0.15, -0.1) is 0 Å². The van der Waals surface area contributed by atoms with E-state index in [1.807, 2.05) is 4.90 Å². The highest BCUT2D eigenvalue weighted by Crippen LogP contribution is 2.31. The molecule has 1 aliphatic rings. The van der Waals surface area contributed by atoms with Gasteiger partial charge in [0.2, 0.25) is 5.91 Å². The van der Waals surface area contributed by atoms with Crippen LogP contribution in [-0.4, -0.2) is 29.0 Å². The zero-order chi connectivity index (χ0) is 16.7. The van der Waals surface area contributed by atoms with Crippen molar-refractivity contribution in [2.24, 2.45) is 5.92 Å². The van der Waals surface area contributed by atoms with Crippen molar-refractivity contribution in [2.75, 3.05) is 13.1 Å². The summed E-state index contributed by atoms with van der Waals surface area (Å²) in [5, 5.41) is 10.4. The summed E-state index contributed by atoms with van der Waals surface area (Å²) in [4.78, 5) is 14.1. The van der Waals surface area contributed by atoms with Gasteiger partial charge < -0.3 is 10.0 Å². The number of carbonyl (C=O) groups excluding carboxylic acids is 1. The highest BCUT2D eigenvalue weighted by atomic mass is 19.1. The van der Waals surface area contributed by atoms with Gasteiger partial charge in [0, 0.05) is 19.5 Å². The Morgan fingerprint density at radius 1 is 1.22 bits per heavy atom. The monoisotopic (exact) mass is 321 g/mol. The number of halogens is 1. The van der Waals surface area contributed by atoms with Crippen molar-refractivity contribution in [1.29, 1.82) is 0 Å². The number of benzene rings is 1. The van der Waals surface area contributed by atoms with E-state index < -0.39 is 6.10 Å². The number of unbranched alkanes of at least 4 members (excludes halogenated alkanes) is 3. The molecule has 1 fully saturated rings. The number of hydrogen-bond acceptors (Lipinski definition) is 2. The van der Waals surface area contributed by atoms with Crippen molar-refractivity contribution < 1.29 is 14.3 Å². The molecule has 1 heterocycles. The highest BCUT2D eigenvalue weighted by Gasteiger charge is 2.27. The molecule has 1 saturated heterocycles. The van der Waals surface area contributed by atoms with Gasteiger partial charge in [0.1, 0.15) is 5.82 Å².